The lowest BCUT2D eigenvalue weighted by Crippen LogP contribution is -2.20. The van der Waals surface area contributed by atoms with E-state index in [0.717, 1.165) is 0 Å². The molecule has 1 aromatic heterocycles. The van der Waals surface area contributed by atoms with Gasteiger partial charge < -0.3 is 15.0 Å². The fourth-order valence-electron chi connectivity index (χ4n) is 1.63. The van der Waals surface area contributed by atoms with E-state index >= 15 is 0 Å². The number of nitrogen functional groups attached to an aromatic ring is 1. The molecule has 0 radical (unpaired) electrons. The first-order chi connectivity index (χ1) is 8.99. The molecule has 5 nitrogen and oxygen atoms in total. The van der Waals surface area contributed by atoms with Gasteiger partial charge in [0, 0.05) is 7.05 Å². The van der Waals surface area contributed by atoms with Gasteiger partial charge in [-0.25, -0.2) is 4.98 Å². The van der Waals surface area contributed by atoms with Crippen molar-refractivity contribution in [2.75, 3.05) is 5.73 Å². The minimum atomic E-state index is -2.89. The van der Waals surface area contributed by atoms with E-state index < -0.39 is 6.61 Å². The van der Waals surface area contributed by atoms with E-state index in [2.05, 4.69) is 9.72 Å². The molecule has 0 aliphatic heterocycles. The lowest BCUT2D eigenvalue weighted by atomic mass is 10.1. The second-order valence-corrected chi connectivity index (χ2v) is 3.82. The number of hydrogen-bond donors (Lipinski definition) is 1. The highest BCUT2D eigenvalue weighted by atomic mass is 19.3. The van der Waals surface area contributed by atoms with E-state index in [9.17, 15) is 13.6 Å². The zero-order valence-electron chi connectivity index (χ0n) is 10.0. The molecule has 19 heavy (non-hydrogen) atoms. The molecule has 0 unspecified atom stereocenters. The van der Waals surface area contributed by atoms with E-state index in [1.54, 1.807) is 7.05 Å². The van der Waals surface area contributed by atoms with Crippen molar-refractivity contribution in [3.8, 4) is 16.9 Å². The maximum Gasteiger partial charge on any atom is 0.387 e. The van der Waals surface area contributed by atoms with Crippen molar-refractivity contribution in [2.45, 2.75) is 6.61 Å². The molecule has 0 bridgehead atoms. The summed E-state index contributed by atoms with van der Waals surface area (Å²) in [6, 6.07) is 5.64. The maximum absolute atomic E-state index is 12.0. The molecular weight excluding hydrogens is 256 g/mol. The van der Waals surface area contributed by atoms with Crippen LogP contribution in [-0.2, 0) is 7.05 Å². The average Bonchev–Trinajstić information content (AvgIpc) is 2.36. The molecule has 0 amide bonds. The molecule has 2 N–H and O–H groups in total. The molecule has 1 aromatic carbocycles. The Bertz CT molecular complexity index is 638. The maximum atomic E-state index is 12.0. The Kier molecular flexibility index (Phi) is 3.46. The molecular formula is C12H11F2N3O2. The summed E-state index contributed by atoms with van der Waals surface area (Å²) in [7, 11) is 1.55. The van der Waals surface area contributed by atoms with Gasteiger partial charge in [-0.2, -0.15) is 8.78 Å². The number of nitrogens with zero attached hydrogens (tertiary/aromatic N) is 2. The number of ether oxygens (including phenoxy) is 1. The Hall–Kier alpha value is -2.44. The van der Waals surface area contributed by atoms with Gasteiger partial charge in [0.15, 0.2) is 0 Å². The lowest BCUT2D eigenvalue weighted by Gasteiger charge is -2.08. The molecule has 0 fully saturated rings. The molecule has 100 valence electrons. The third-order valence-electron chi connectivity index (χ3n) is 2.53. The molecule has 0 spiro atoms. The summed E-state index contributed by atoms with van der Waals surface area (Å²) in [4.78, 5) is 15.8. The highest BCUT2D eigenvalue weighted by Gasteiger charge is 2.11. The number of hydrogen-bond acceptors (Lipinski definition) is 4. The second-order valence-electron chi connectivity index (χ2n) is 3.82. The first kappa shape index (κ1) is 13.0. The Balaban J connectivity index is 2.43. The Morgan fingerprint density at radius 1 is 1.32 bits per heavy atom. The summed E-state index contributed by atoms with van der Waals surface area (Å²) < 4.78 is 29.6. The number of halogens is 2. The Morgan fingerprint density at radius 2 is 1.95 bits per heavy atom. The fourth-order valence-corrected chi connectivity index (χ4v) is 1.63. The molecule has 2 aromatic rings. The van der Waals surface area contributed by atoms with Gasteiger partial charge in [-0.15, -0.1) is 0 Å². The van der Waals surface area contributed by atoms with Crippen LogP contribution in [0.1, 0.15) is 0 Å². The largest absolute Gasteiger partial charge is 0.435 e. The van der Waals surface area contributed by atoms with Gasteiger partial charge in [0.05, 0.1) is 11.9 Å². The number of aromatic nitrogens is 2. The molecule has 0 saturated heterocycles. The van der Waals surface area contributed by atoms with Crippen molar-refractivity contribution in [3.05, 3.63) is 40.9 Å². The van der Waals surface area contributed by atoms with Gasteiger partial charge in [0.2, 0.25) is 0 Å². The molecule has 7 heteroatoms. The fraction of sp³-hybridized carbons (Fsp3) is 0.167. The lowest BCUT2D eigenvalue weighted by molar-refractivity contribution is -0.0498. The van der Waals surface area contributed by atoms with Gasteiger partial charge in [-0.05, 0) is 17.7 Å². The Labute approximate surface area is 107 Å². The normalized spacial score (nSPS) is 10.7. The molecule has 0 saturated carbocycles. The highest BCUT2D eigenvalue weighted by molar-refractivity contribution is 5.72. The van der Waals surface area contributed by atoms with Gasteiger partial charge in [0.25, 0.3) is 5.56 Å². The average molecular weight is 267 g/mol. The van der Waals surface area contributed by atoms with Crippen LogP contribution in [-0.4, -0.2) is 16.2 Å². The van der Waals surface area contributed by atoms with Crippen molar-refractivity contribution in [1.29, 1.82) is 0 Å². The predicted molar refractivity (Wildman–Crippen MR) is 66.0 cm³/mol. The molecule has 0 aliphatic carbocycles. The van der Waals surface area contributed by atoms with Crippen molar-refractivity contribution in [1.82, 2.24) is 9.55 Å². The van der Waals surface area contributed by atoms with E-state index in [1.165, 1.54) is 35.2 Å². The van der Waals surface area contributed by atoms with E-state index in [-0.39, 0.29) is 22.7 Å². The smallest absolute Gasteiger partial charge is 0.387 e. The summed E-state index contributed by atoms with van der Waals surface area (Å²) >= 11 is 0. The van der Waals surface area contributed by atoms with E-state index in [4.69, 9.17) is 5.73 Å². The van der Waals surface area contributed by atoms with Crippen LogP contribution < -0.4 is 16.0 Å². The van der Waals surface area contributed by atoms with Crippen LogP contribution in [0.3, 0.4) is 0 Å². The standard InChI is InChI=1S/C12H11F2N3O2/c1-17-6-16-10(15)9(11(17)18)7-2-4-8(5-3-7)19-12(13)14/h2-6,12H,15H2,1H3. The van der Waals surface area contributed by atoms with E-state index in [1.807, 2.05) is 0 Å². The van der Waals surface area contributed by atoms with Crippen molar-refractivity contribution in [3.63, 3.8) is 0 Å². The molecule has 2 rings (SSSR count). The molecule has 1 heterocycles. The zero-order chi connectivity index (χ0) is 14.0. The summed E-state index contributed by atoms with van der Waals surface area (Å²) in [5.41, 5.74) is 6.08. The SMILES string of the molecule is Cn1cnc(N)c(-c2ccc(OC(F)F)cc2)c1=O. The highest BCUT2D eigenvalue weighted by Crippen LogP contribution is 2.23. The monoisotopic (exact) mass is 267 g/mol. The summed E-state index contributed by atoms with van der Waals surface area (Å²) in [6.07, 6.45) is 1.31. The van der Waals surface area contributed by atoms with Crippen LogP contribution in [0.5, 0.6) is 5.75 Å². The summed E-state index contributed by atoms with van der Waals surface area (Å²) in [5.74, 6) is 0.101. The number of benzene rings is 1. The number of alkyl halides is 2. The molecule has 0 atom stereocenters. The van der Waals surface area contributed by atoms with Crippen molar-refractivity contribution >= 4 is 5.82 Å². The number of rotatable bonds is 3. The first-order valence-electron chi connectivity index (χ1n) is 5.35. The predicted octanol–water partition coefficient (Wildman–Crippen LogP) is 1.63. The second kappa shape index (κ2) is 5.05. The third kappa shape index (κ3) is 2.70. The quantitative estimate of drug-likeness (QED) is 0.917. The van der Waals surface area contributed by atoms with Crippen LogP contribution in [0.4, 0.5) is 14.6 Å². The topological polar surface area (TPSA) is 70.1 Å². The van der Waals surface area contributed by atoms with Crippen molar-refractivity contribution in [2.24, 2.45) is 7.05 Å². The summed E-state index contributed by atoms with van der Waals surface area (Å²) in [5, 5.41) is 0. The van der Waals surface area contributed by atoms with Gasteiger partial charge in [-0.3, -0.25) is 4.79 Å². The zero-order valence-corrected chi connectivity index (χ0v) is 10.0. The Morgan fingerprint density at radius 3 is 2.53 bits per heavy atom. The van der Waals surface area contributed by atoms with Crippen LogP contribution in [0.15, 0.2) is 35.4 Å². The third-order valence-corrected chi connectivity index (χ3v) is 2.53. The number of aryl methyl sites for hydroxylation is 1. The van der Waals surface area contributed by atoms with Gasteiger partial charge in [-0.1, -0.05) is 12.1 Å². The minimum Gasteiger partial charge on any atom is -0.435 e. The van der Waals surface area contributed by atoms with E-state index in [0.29, 0.717) is 5.56 Å². The van der Waals surface area contributed by atoms with Crippen LogP contribution in [0, 0.1) is 0 Å². The van der Waals surface area contributed by atoms with Crippen LogP contribution >= 0.6 is 0 Å². The summed E-state index contributed by atoms with van der Waals surface area (Å²) in [6.45, 7) is -2.89. The first-order valence-corrected chi connectivity index (χ1v) is 5.35. The number of anilines is 1. The van der Waals surface area contributed by atoms with Crippen LogP contribution in [0.2, 0.25) is 0 Å². The molecule has 0 aliphatic rings. The van der Waals surface area contributed by atoms with Crippen molar-refractivity contribution < 1.29 is 13.5 Å². The van der Waals surface area contributed by atoms with Gasteiger partial charge >= 0.3 is 6.61 Å². The van der Waals surface area contributed by atoms with Crippen LogP contribution in [0.25, 0.3) is 11.1 Å². The van der Waals surface area contributed by atoms with Gasteiger partial charge in [0.1, 0.15) is 11.6 Å². The minimum absolute atomic E-state index is 0.0121. The number of nitrogens with two attached hydrogens (primary N) is 1.